The third kappa shape index (κ3) is 5.55. The molecule has 0 unspecified atom stereocenters. The Labute approximate surface area is 243 Å². The van der Waals surface area contributed by atoms with E-state index in [1.807, 2.05) is 30.5 Å². The number of benzene rings is 2. The number of carbonyl (C=O) groups is 1. The number of nitro groups is 1. The SMILES string of the molecule is CSc1ccc([C@@H]2C(C(=O)OC(C)C)=C(C)N=c3s/c(=C\c4ccc(-c5ccc([N+](=O)[O-])cc5C)o4)c(=O)n32)cc1. The van der Waals surface area contributed by atoms with Crippen LogP contribution < -0.4 is 14.9 Å². The Morgan fingerprint density at radius 1 is 1.17 bits per heavy atom. The molecule has 2 aromatic carbocycles. The Morgan fingerprint density at radius 3 is 2.54 bits per heavy atom. The number of thiazole rings is 1. The molecule has 0 saturated carbocycles. The average molecular weight is 590 g/mol. The molecule has 0 amide bonds. The van der Waals surface area contributed by atoms with Crippen molar-refractivity contribution in [2.24, 2.45) is 4.99 Å². The van der Waals surface area contributed by atoms with Gasteiger partial charge in [0.2, 0.25) is 0 Å². The van der Waals surface area contributed by atoms with Crippen LogP contribution in [0, 0.1) is 17.0 Å². The molecule has 1 atom stereocenters. The van der Waals surface area contributed by atoms with Crippen molar-refractivity contribution < 1.29 is 18.9 Å². The number of hydrogen-bond acceptors (Lipinski definition) is 9. The first-order chi connectivity index (χ1) is 19.6. The predicted molar refractivity (Wildman–Crippen MR) is 159 cm³/mol. The molecule has 0 bridgehead atoms. The van der Waals surface area contributed by atoms with Crippen LogP contribution in [0.1, 0.15) is 43.7 Å². The van der Waals surface area contributed by atoms with Crippen LogP contribution in [0.25, 0.3) is 17.4 Å². The number of aryl methyl sites for hydroxylation is 1. The zero-order valence-corrected chi connectivity index (χ0v) is 24.7. The fraction of sp³-hybridized carbons (Fsp3) is 0.233. The highest BCUT2D eigenvalue weighted by Gasteiger charge is 2.33. The summed E-state index contributed by atoms with van der Waals surface area (Å²) >= 11 is 2.81. The van der Waals surface area contributed by atoms with Crippen molar-refractivity contribution in [2.75, 3.05) is 6.26 Å². The minimum atomic E-state index is -0.703. The largest absolute Gasteiger partial charge is 0.459 e. The molecule has 210 valence electrons. The highest BCUT2D eigenvalue weighted by molar-refractivity contribution is 7.98. The Morgan fingerprint density at radius 2 is 1.90 bits per heavy atom. The summed E-state index contributed by atoms with van der Waals surface area (Å²) in [7, 11) is 0. The van der Waals surface area contributed by atoms with Crippen LogP contribution in [0.4, 0.5) is 5.69 Å². The third-order valence-corrected chi connectivity index (χ3v) is 8.33. The van der Waals surface area contributed by atoms with E-state index in [9.17, 15) is 19.7 Å². The summed E-state index contributed by atoms with van der Waals surface area (Å²) in [4.78, 5) is 43.9. The van der Waals surface area contributed by atoms with Crippen LogP contribution in [0.2, 0.25) is 0 Å². The number of carbonyl (C=O) groups excluding carboxylic acids is 1. The van der Waals surface area contributed by atoms with Crippen LogP contribution in [0.15, 0.2) is 85.0 Å². The van der Waals surface area contributed by atoms with Gasteiger partial charge < -0.3 is 9.15 Å². The van der Waals surface area contributed by atoms with Gasteiger partial charge >= 0.3 is 5.97 Å². The number of fused-ring (bicyclic) bond motifs is 1. The van der Waals surface area contributed by atoms with Crippen molar-refractivity contribution in [3.8, 4) is 11.3 Å². The number of hydrogen-bond donors (Lipinski definition) is 0. The second-order valence-electron chi connectivity index (χ2n) is 9.77. The highest BCUT2D eigenvalue weighted by Crippen LogP contribution is 2.32. The van der Waals surface area contributed by atoms with Crippen LogP contribution in [-0.4, -0.2) is 27.8 Å². The van der Waals surface area contributed by atoms with Crippen LogP contribution in [0.5, 0.6) is 0 Å². The van der Waals surface area contributed by atoms with Gasteiger partial charge in [0.05, 0.1) is 32.9 Å². The van der Waals surface area contributed by atoms with Gasteiger partial charge in [0.25, 0.3) is 11.2 Å². The lowest BCUT2D eigenvalue weighted by molar-refractivity contribution is -0.384. The zero-order valence-electron chi connectivity index (χ0n) is 23.0. The second-order valence-corrected chi connectivity index (χ2v) is 11.7. The fourth-order valence-corrected chi connectivity index (χ4v) is 6.14. The monoisotopic (exact) mass is 589 g/mol. The number of non-ortho nitro benzene ring substituents is 1. The molecule has 0 N–H and O–H groups in total. The van der Waals surface area contributed by atoms with Crippen molar-refractivity contribution in [2.45, 2.75) is 44.7 Å². The summed E-state index contributed by atoms with van der Waals surface area (Å²) in [5.41, 5.74) is 2.70. The lowest BCUT2D eigenvalue weighted by Gasteiger charge is -2.25. The Balaban J connectivity index is 1.60. The predicted octanol–water partition coefficient (Wildman–Crippen LogP) is 5.39. The van der Waals surface area contributed by atoms with Gasteiger partial charge in [0.1, 0.15) is 11.5 Å². The van der Waals surface area contributed by atoms with Gasteiger partial charge in [-0.15, -0.1) is 11.8 Å². The first kappa shape index (κ1) is 28.3. The standard InChI is InChI=1S/C30H27N3O6S2/c1-16(2)38-29(35)26-18(4)31-30-32(27(26)19-6-10-22(40-5)11-7-19)28(34)25(41-30)15-21-9-13-24(39-21)23-12-8-20(33(36)37)14-17(23)3/h6-16,27H,1-5H3/b25-15-/t27-/m1/s1. The molecule has 9 nitrogen and oxygen atoms in total. The number of rotatable bonds is 7. The summed E-state index contributed by atoms with van der Waals surface area (Å²) < 4.78 is 13.5. The summed E-state index contributed by atoms with van der Waals surface area (Å²) in [6.07, 6.45) is 3.29. The quantitative estimate of drug-likeness (QED) is 0.123. The van der Waals surface area contributed by atoms with Crippen LogP contribution in [0.3, 0.4) is 0 Å². The summed E-state index contributed by atoms with van der Waals surface area (Å²) in [6, 6.07) is 15.1. The Hall–Kier alpha value is -4.22. The lowest BCUT2D eigenvalue weighted by Crippen LogP contribution is -2.40. The molecular weight excluding hydrogens is 562 g/mol. The number of ether oxygens (including phenoxy) is 1. The van der Waals surface area contributed by atoms with Gasteiger partial charge in [0.15, 0.2) is 4.80 Å². The van der Waals surface area contributed by atoms with Crippen LogP contribution in [-0.2, 0) is 9.53 Å². The van der Waals surface area contributed by atoms with Gasteiger partial charge in [-0.25, -0.2) is 9.79 Å². The number of esters is 1. The van der Waals surface area contributed by atoms with Gasteiger partial charge in [0, 0.05) is 28.7 Å². The molecule has 41 heavy (non-hydrogen) atoms. The number of aromatic nitrogens is 1. The molecule has 1 aliphatic heterocycles. The molecular formula is C30H27N3O6S2. The van der Waals surface area contributed by atoms with Gasteiger partial charge in [-0.05, 0) is 75.4 Å². The van der Waals surface area contributed by atoms with E-state index >= 15 is 0 Å². The first-order valence-electron chi connectivity index (χ1n) is 12.8. The van der Waals surface area contributed by atoms with Crippen molar-refractivity contribution in [1.82, 2.24) is 4.57 Å². The Bertz CT molecular complexity index is 1880. The molecule has 0 spiro atoms. The molecule has 11 heteroatoms. The van der Waals surface area contributed by atoms with Gasteiger partial charge in [-0.3, -0.25) is 19.5 Å². The molecule has 4 aromatic rings. The topological polar surface area (TPSA) is 117 Å². The van der Waals surface area contributed by atoms with E-state index in [2.05, 4.69) is 4.99 Å². The van der Waals surface area contributed by atoms with Crippen molar-refractivity contribution in [1.29, 1.82) is 0 Å². The molecule has 1 aliphatic rings. The second kappa shape index (κ2) is 11.3. The number of nitro benzene ring substituents is 1. The van der Waals surface area contributed by atoms with E-state index in [1.54, 1.807) is 68.3 Å². The summed E-state index contributed by atoms with van der Waals surface area (Å²) in [5, 5.41) is 11.1. The summed E-state index contributed by atoms with van der Waals surface area (Å²) in [5.74, 6) is 0.459. The molecule has 0 aliphatic carbocycles. The first-order valence-corrected chi connectivity index (χ1v) is 14.8. The Kier molecular flexibility index (Phi) is 7.83. The number of nitrogens with zero attached hydrogens (tertiary/aromatic N) is 3. The maximum Gasteiger partial charge on any atom is 0.338 e. The normalized spacial score (nSPS) is 15.2. The lowest BCUT2D eigenvalue weighted by atomic mass is 9.96. The molecule has 2 aromatic heterocycles. The molecule has 0 radical (unpaired) electrons. The zero-order chi connectivity index (χ0) is 29.4. The summed E-state index contributed by atoms with van der Waals surface area (Å²) in [6.45, 7) is 7.09. The smallest absolute Gasteiger partial charge is 0.338 e. The third-order valence-electron chi connectivity index (χ3n) is 6.60. The van der Waals surface area contributed by atoms with E-state index in [4.69, 9.17) is 9.15 Å². The van der Waals surface area contributed by atoms with E-state index in [-0.39, 0.29) is 17.4 Å². The number of thioether (sulfide) groups is 1. The number of furan rings is 1. The molecule has 3 heterocycles. The van der Waals surface area contributed by atoms with Crippen molar-refractivity contribution >= 4 is 40.8 Å². The number of allylic oxidation sites excluding steroid dienone is 1. The maximum atomic E-state index is 13.9. The van der Waals surface area contributed by atoms with Crippen LogP contribution >= 0.6 is 23.1 Å². The molecule has 0 saturated heterocycles. The molecule has 5 rings (SSSR count). The van der Waals surface area contributed by atoms with E-state index in [0.29, 0.717) is 43.3 Å². The highest BCUT2D eigenvalue weighted by atomic mass is 32.2. The maximum absolute atomic E-state index is 13.9. The van der Waals surface area contributed by atoms with Crippen molar-refractivity contribution in [3.63, 3.8) is 0 Å². The van der Waals surface area contributed by atoms with Gasteiger partial charge in [-0.1, -0.05) is 23.5 Å². The van der Waals surface area contributed by atoms with E-state index in [1.165, 1.54) is 23.5 Å². The minimum absolute atomic E-state index is 0.00344. The van der Waals surface area contributed by atoms with E-state index < -0.39 is 16.9 Å². The van der Waals surface area contributed by atoms with Gasteiger partial charge in [-0.2, -0.15) is 0 Å². The fourth-order valence-electron chi connectivity index (χ4n) is 4.70. The molecule has 0 fully saturated rings. The van der Waals surface area contributed by atoms with Crippen molar-refractivity contribution in [3.05, 3.63) is 113 Å². The minimum Gasteiger partial charge on any atom is -0.459 e. The average Bonchev–Trinajstić information content (AvgIpc) is 3.51. The van der Waals surface area contributed by atoms with E-state index in [0.717, 1.165) is 10.5 Å².